The molecule has 0 radical (unpaired) electrons. The highest BCUT2D eigenvalue weighted by Gasteiger charge is 2.76. The molecule has 7 atom stereocenters. The molecule has 206 valence electrons. The number of amides is 2. The summed E-state index contributed by atoms with van der Waals surface area (Å²) >= 11 is 5.42. The minimum Gasteiger partial charge on any atom is -0.465 e. The minimum atomic E-state index is -0.728. The Morgan fingerprint density at radius 3 is 2.65 bits per heavy atom. The Labute approximate surface area is 233 Å². The first-order valence-electron chi connectivity index (χ1n) is 13.8. The van der Waals surface area contributed by atoms with E-state index in [2.05, 4.69) is 29.1 Å². The number of allylic oxidation sites excluding steroid dienone is 1. The number of hydrogen-bond donors (Lipinski definition) is 1. The highest BCUT2D eigenvalue weighted by Crippen LogP contribution is 2.68. The number of rotatable bonds is 12. The third-order valence-electron chi connectivity index (χ3n) is 8.73. The van der Waals surface area contributed by atoms with Gasteiger partial charge in [0, 0.05) is 22.7 Å². The fourth-order valence-electron chi connectivity index (χ4n) is 7.03. The van der Waals surface area contributed by atoms with Gasteiger partial charge in [0.15, 0.2) is 0 Å². The van der Waals surface area contributed by atoms with Crippen molar-refractivity contribution in [1.82, 2.24) is 9.80 Å². The number of aliphatic hydroxyl groups excluding tert-OH is 1. The predicted octanol–water partition coefficient (Wildman–Crippen LogP) is 4.08. The molecule has 7 nitrogen and oxygen atoms in total. The number of unbranched alkanes of at least 4 members (excludes halogenated alkanes) is 1. The van der Waals surface area contributed by atoms with Crippen molar-refractivity contribution < 1.29 is 24.2 Å². The number of hydrogen-bond acceptors (Lipinski definition) is 6. The Kier molecular flexibility index (Phi) is 9.49. The number of halogens is 1. The number of fused-ring (bicyclic) bond motifs is 1. The summed E-state index contributed by atoms with van der Waals surface area (Å²) in [6.07, 6.45) is 11.4. The lowest BCUT2D eigenvalue weighted by molar-refractivity contribution is -0.154. The van der Waals surface area contributed by atoms with Crippen LogP contribution < -0.4 is 0 Å². The maximum Gasteiger partial charge on any atom is 0.310 e. The van der Waals surface area contributed by atoms with E-state index in [-0.39, 0.29) is 47.1 Å². The largest absolute Gasteiger partial charge is 0.465 e. The molecule has 4 rings (SSSR count). The van der Waals surface area contributed by atoms with Crippen molar-refractivity contribution in [3.8, 4) is 0 Å². The Bertz CT molecular complexity index is 892. The average Bonchev–Trinajstić information content (AvgIpc) is 3.50. The highest BCUT2D eigenvalue weighted by molar-refractivity contribution is 9.09. The van der Waals surface area contributed by atoms with Gasteiger partial charge in [-0.15, -0.1) is 24.9 Å². The summed E-state index contributed by atoms with van der Waals surface area (Å²) in [6.45, 7) is 10.0. The molecule has 37 heavy (non-hydrogen) atoms. The molecule has 0 aromatic carbocycles. The van der Waals surface area contributed by atoms with E-state index >= 15 is 0 Å². The van der Waals surface area contributed by atoms with Crippen molar-refractivity contribution in [1.29, 1.82) is 0 Å². The van der Waals surface area contributed by atoms with Crippen LogP contribution in [0.2, 0.25) is 0 Å². The maximum atomic E-state index is 14.5. The predicted molar refractivity (Wildman–Crippen MR) is 149 cm³/mol. The molecule has 0 aromatic heterocycles. The van der Waals surface area contributed by atoms with Gasteiger partial charge in [0.1, 0.15) is 6.04 Å². The summed E-state index contributed by atoms with van der Waals surface area (Å²) in [5.74, 6) is -1.86. The second-order valence-corrected chi connectivity index (χ2v) is 13.5. The van der Waals surface area contributed by atoms with Crippen LogP contribution in [0.1, 0.15) is 64.7 Å². The SMILES string of the molecule is C=CCCCOC(=O)[C@H]1[C@H]2C(=O)N([C@@H](CC)CO)C(C(=O)N(CC=C)C3CCCCC3)C23CC(Br)[C@@H]1S3. The molecule has 3 unspecified atom stereocenters. The van der Waals surface area contributed by atoms with Gasteiger partial charge in [0.25, 0.3) is 0 Å². The lowest BCUT2D eigenvalue weighted by Crippen LogP contribution is -2.59. The fourth-order valence-corrected chi connectivity index (χ4v) is 10.6. The van der Waals surface area contributed by atoms with Crippen LogP contribution in [-0.4, -0.2) is 85.4 Å². The first-order chi connectivity index (χ1) is 17.9. The van der Waals surface area contributed by atoms with E-state index in [1.54, 1.807) is 28.8 Å². The summed E-state index contributed by atoms with van der Waals surface area (Å²) in [6, 6.07) is -1.08. The molecule has 1 aliphatic carbocycles. The van der Waals surface area contributed by atoms with Gasteiger partial charge in [-0.2, -0.15) is 0 Å². The number of ether oxygens (including phenoxy) is 1. The van der Waals surface area contributed by atoms with Crippen LogP contribution >= 0.6 is 27.7 Å². The molecule has 3 saturated heterocycles. The molecule has 9 heteroatoms. The van der Waals surface area contributed by atoms with Crippen molar-refractivity contribution in [2.45, 2.75) is 97.7 Å². The highest BCUT2D eigenvalue weighted by atomic mass is 79.9. The van der Waals surface area contributed by atoms with Crippen LogP contribution in [0.5, 0.6) is 0 Å². The van der Waals surface area contributed by atoms with Gasteiger partial charge >= 0.3 is 5.97 Å². The minimum absolute atomic E-state index is 0.000682. The van der Waals surface area contributed by atoms with Gasteiger partial charge in [-0.05, 0) is 38.5 Å². The molecule has 3 aliphatic heterocycles. The number of carbonyl (C=O) groups is 3. The van der Waals surface area contributed by atoms with Gasteiger partial charge in [-0.25, -0.2) is 0 Å². The number of likely N-dealkylation sites (tertiary alicyclic amines) is 1. The molecule has 0 aromatic rings. The molecule has 4 aliphatic rings. The topological polar surface area (TPSA) is 87.1 Å². The maximum absolute atomic E-state index is 14.5. The van der Waals surface area contributed by atoms with Crippen molar-refractivity contribution in [3.63, 3.8) is 0 Å². The summed E-state index contributed by atoms with van der Waals surface area (Å²) < 4.78 is 4.93. The van der Waals surface area contributed by atoms with Crippen LogP contribution in [0.3, 0.4) is 0 Å². The third-order valence-corrected chi connectivity index (χ3v) is 11.9. The Morgan fingerprint density at radius 2 is 2.03 bits per heavy atom. The quantitative estimate of drug-likeness (QED) is 0.158. The zero-order valence-corrected chi connectivity index (χ0v) is 24.3. The average molecular weight is 598 g/mol. The number of nitrogens with zero attached hydrogens (tertiary/aromatic N) is 2. The zero-order chi connectivity index (χ0) is 26.7. The molecular weight excluding hydrogens is 556 g/mol. The molecule has 2 bridgehead atoms. The standard InChI is InChI=1S/C28H41BrN2O5S/c1-4-7-11-15-36-27(35)21-22-25(33)31(18(6-3)17-32)24(28(22)16-20(29)23(21)37-28)26(34)30(14-5-2)19-12-9-8-10-13-19/h4-5,18-24,32H,1-2,6-17H2,3H3/t18-,20?,21-,22-,23-,24?,28?/m0/s1. The molecular formula is C28H41BrN2O5S. The molecule has 1 spiro atoms. The summed E-state index contributed by atoms with van der Waals surface area (Å²) in [7, 11) is 0. The van der Waals surface area contributed by atoms with E-state index in [0.717, 1.165) is 32.1 Å². The number of carbonyl (C=O) groups excluding carboxylic acids is 3. The van der Waals surface area contributed by atoms with E-state index in [9.17, 15) is 19.5 Å². The first-order valence-corrected chi connectivity index (χ1v) is 15.6. The van der Waals surface area contributed by atoms with E-state index in [1.165, 1.54) is 6.42 Å². The van der Waals surface area contributed by atoms with Crippen LogP contribution in [0.4, 0.5) is 0 Å². The lowest BCUT2D eigenvalue weighted by Gasteiger charge is -2.42. The molecule has 2 amide bonds. The van der Waals surface area contributed by atoms with E-state index < -0.39 is 28.7 Å². The molecule has 3 heterocycles. The van der Waals surface area contributed by atoms with Crippen LogP contribution in [0.25, 0.3) is 0 Å². The van der Waals surface area contributed by atoms with Crippen molar-refractivity contribution in [2.75, 3.05) is 19.8 Å². The van der Waals surface area contributed by atoms with Gasteiger partial charge < -0.3 is 19.6 Å². The molecule has 1 N–H and O–H groups in total. The van der Waals surface area contributed by atoms with Gasteiger partial charge in [-0.1, -0.05) is 54.3 Å². The Morgan fingerprint density at radius 1 is 1.30 bits per heavy atom. The van der Waals surface area contributed by atoms with Gasteiger partial charge in [0.05, 0.1) is 35.8 Å². The van der Waals surface area contributed by atoms with Crippen LogP contribution in [-0.2, 0) is 19.1 Å². The summed E-state index contributed by atoms with van der Waals surface area (Å²) in [4.78, 5) is 45.7. The Hall–Kier alpha value is -1.32. The monoisotopic (exact) mass is 596 g/mol. The number of aliphatic hydroxyl groups is 1. The molecule has 1 saturated carbocycles. The smallest absolute Gasteiger partial charge is 0.310 e. The lowest BCUT2D eigenvalue weighted by atomic mass is 9.71. The Balaban J connectivity index is 1.71. The first kappa shape index (κ1) is 28.7. The fraction of sp³-hybridized carbons (Fsp3) is 0.750. The second-order valence-electron chi connectivity index (χ2n) is 10.8. The van der Waals surface area contributed by atoms with Gasteiger partial charge in [-0.3, -0.25) is 14.4 Å². The van der Waals surface area contributed by atoms with Crippen LogP contribution in [0.15, 0.2) is 25.3 Å². The molecule has 4 fully saturated rings. The van der Waals surface area contributed by atoms with Gasteiger partial charge in [0.2, 0.25) is 11.8 Å². The summed E-state index contributed by atoms with van der Waals surface area (Å²) in [5, 5.41) is 10.1. The van der Waals surface area contributed by atoms with E-state index in [1.807, 2.05) is 11.8 Å². The second kappa shape index (κ2) is 12.2. The number of alkyl halides is 1. The normalized spacial score (nSPS) is 33.8. The van der Waals surface area contributed by atoms with Crippen LogP contribution in [0, 0.1) is 11.8 Å². The van der Waals surface area contributed by atoms with Crippen molar-refractivity contribution >= 4 is 45.5 Å². The van der Waals surface area contributed by atoms with E-state index in [0.29, 0.717) is 25.8 Å². The summed E-state index contributed by atoms with van der Waals surface area (Å²) in [5.41, 5.74) is 0. The number of thioether (sulfide) groups is 1. The zero-order valence-electron chi connectivity index (χ0n) is 21.9. The van der Waals surface area contributed by atoms with Crippen molar-refractivity contribution in [3.05, 3.63) is 25.3 Å². The number of esters is 1. The van der Waals surface area contributed by atoms with Crippen molar-refractivity contribution in [2.24, 2.45) is 11.8 Å². The third kappa shape index (κ3) is 5.05. The van der Waals surface area contributed by atoms with E-state index in [4.69, 9.17) is 4.74 Å².